The van der Waals surface area contributed by atoms with Crippen LogP contribution in [0.25, 0.3) is 22.3 Å². The first-order chi connectivity index (χ1) is 16.7. The first-order valence-electron chi connectivity index (χ1n) is 9.77. The fourth-order valence-corrected chi connectivity index (χ4v) is 3.38. The molecule has 0 aliphatic rings. The highest BCUT2D eigenvalue weighted by atomic mass is 19.4. The molecule has 0 fully saturated rings. The summed E-state index contributed by atoms with van der Waals surface area (Å²) in [6, 6.07) is 2.94. The van der Waals surface area contributed by atoms with Crippen LogP contribution in [0.1, 0.15) is 22.3 Å². The van der Waals surface area contributed by atoms with Crippen LogP contribution in [-0.4, -0.2) is 17.2 Å². The molecule has 0 atom stereocenters. The molecule has 0 saturated heterocycles. The first kappa shape index (κ1) is 28.4. The lowest BCUT2D eigenvalue weighted by atomic mass is 9.77. The van der Waals surface area contributed by atoms with E-state index in [9.17, 15) is 62.7 Å². The van der Waals surface area contributed by atoms with Gasteiger partial charge in [-0.25, -0.2) is 0 Å². The molecule has 0 saturated carbocycles. The van der Waals surface area contributed by atoms with Gasteiger partial charge in [-0.1, -0.05) is 12.1 Å². The average molecular weight is 546 g/mol. The monoisotopic (exact) mass is 546 g/mol. The van der Waals surface area contributed by atoms with Crippen molar-refractivity contribution in [3.05, 3.63) is 76.9 Å². The van der Waals surface area contributed by atoms with Crippen molar-refractivity contribution < 1.29 is 62.7 Å². The zero-order valence-electron chi connectivity index (χ0n) is 17.7. The largest absolute Gasteiger partial charge is 0.488 e. The Morgan fingerprint density at radius 2 is 0.622 bits per heavy atom. The molecule has 198 valence electrons. The molecule has 0 heterocycles. The Morgan fingerprint density at radius 3 is 0.838 bits per heavy atom. The Balaban J connectivity index is 2.35. The third kappa shape index (κ3) is 6.58. The molecule has 0 aliphatic carbocycles. The maximum atomic E-state index is 13.3. The van der Waals surface area contributed by atoms with E-state index in [1.165, 1.54) is 0 Å². The Morgan fingerprint density at radius 1 is 0.378 bits per heavy atom. The van der Waals surface area contributed by atoms with Gasteiger partial charge < -0.3 is 10.0 Å². The van der Waals surface area contributed by atoms with Crippen LogP contribution < -0.4 is 5.46 Å². The minimum atomic E-state index is -5.25. The standard InChI is InChI=1S/C22H11BF12O2/c24-19(25,26)14-2-12(3-15(8-14)20(27,28)29)10-1-11(7-18(6-10)23(36)37)13-4-16(21(30,31)32)9-17(5-13)22(33,34)35/h1-9,36-37H. The molecule has 15 heteroatoms. The molecule has 2 nitrogen and oxygen atoms in total. The number of benzene rings is 3. The molecule has 0 amide bonds. The van der Waals surface area contributed by atoms with Gasteiger partial charge in [0.2, 0.25) is 0 Å². The molecular weight excluding hydrogens is 535 g/mol. The van der Waals surface area contributed by atoms with Gasteiger partial charge in [-0.15, -0.1) is 0 Å². The molecule has 0 radical (unpaired) electrons. The molecule has 0 unspecified atom stereocenters. The summed E-state index contributed by atoms with van der Waals surface area (Å²) in [5, 5.41) is 19.1. The number of hydrogen-bond donors (Lipinski definition) is 2. The Kier molecular flexibility index (Phi) is 7.12. The van der Waals surface area contributed by atoms with Crippen molar-refractivity contribution in [2.24, 2.45) is 0 Å². The summed E-state index contributed by atoms with van der Waals surface area (Å²) in [5.41, 5.74) is -10.3. The second-order valence-corrected chi connectivity index (χ2v) is 7.81. The van der Waals surface area contributed by atoms with Crippen molar-refractivity contribution in [3.63, 3.8) is 0 Å². The van der Waals surface area contributed by atoms with Gasteiger partial charge in [0.25, 0.3) is 0 Å². The van der Waals surface area contributed by atoms with E-state index < -0.39 is 81.8 Å². The molecule has 3 aromatic carbocycles. The molecule has 37 heavy (non-hydrogen) atoms. The fourth-order valence-electron chi connectivity index (χ4n) is 3.38. The summed E-state index contributed by atoms with van der Waals surface area (Å²) in [7, 11) is -2.43. The van der Waals surface area contributed by atoms with Crippen LogP contribution in [0.4, 0.5) is 52.7 Å². The highest BCUT2D eigenvalue weighted by molar-refractivity contribution is 6.58. The van der Waals surface area contributed by atoms with Crippen LogP contribution in [0.2, 0.25) is 0 Å². The van der Waals surface area contributed by atoms with Crippen molar-refractivity contribution in [2.45, 2.75) is 24.7 Å². The van der Waals surface area contributed by atoms with Crippen molar-refractivity contribution in [1.82, 2.24) is 0 Å². The van der Waals surface area contributed by atoms with Crippen LogP contribution in [0.5, 0.6) is 0 Å². The van der Waals surface area contributed by atoms with Crippen molar-refractivity contribution in [2.75, 3.05) is 0 Å². The number of halogens is 12. The lowest BCUT2D eigenvalue weighted by Gasteiger charge is -2.17. The van der Waals surface area contributed by atoms with Gasteiger partial charge in [-0.05, 0) is 70.2 Å². The zero-order chi connectivity index (χ0) is 28.1. The van der Waals surface area contributed by atoms with Crippen molar-refractivity contribution >= 4 is 12.6 Å². The van der Waals surface area contributed by atoms with E-state index in [1.54, 1.807) is 0 Å². The van der Waals surface area contributed by atoms with E-state index in [0.717, 1.165) is 18.2 Å². The van der Waals surface area contributed by atoms with Crippen molar-refractivity contribution in [1.29, 1.82) is 0 Å². The smallest absolute Gasteiger partial charge is 0.423 e. The minimum Gasteiger partial charge on any atom is -0.423 e. The van der Waals surface area contributed by atoms with Crippen LogP contribution in [0.15, 0.2) is 54.6 Å². The summed E-state index contributed by atoms with van der Waals surface area (Å²) in [5.74, 6) is 0. The number of alkyl halides is 12. The normalized spacial score (nSPS) is 13.1. The quantitative estimate of drug-likeness (QED) is 0.281. The van der Waals surface area contributed by atoms with E-state index in [2.05, 4.69) is 0 Å². The van der Waals surface area contributed by atoms with E-state index in [4.69, 9.17) is 0 Å². The minimum absolute atomic E-state index is 0.183. The maximum Gasteiger partial charge on any atom is 0.488 e. The highest BCUT2D eigenvalue weighted by Crippen LogP contribution is 2.41. The molecule has 3 rings (SSSR count). The van der Waals surface area contributed by atoms with E-state index in [1.807, 2.05) is 0 Å². The SMILES string of the molecule is OB(O)c1cc(-c2cc(C(F)(F)F)cc(C(F)(F)F)c2)cc(-c2cc(C(F)(F)F)cc(C(F)(F)F)c2)c1. The second-order valence-electron chi connectivity index (χ2n) is 7.81. The lowest BCUT2D eigenvalue weighted by Crippen LogP contribution is -2.30. The Labute approximate surface area is 199 Å². The third-order valence-corrected chi connectivity index (χ3v) is 5.10. The topological polar surface area (TPSA) is 40.5 Å². The maximum absolute atomic E-state index is 13.3. The number of rotatable bonds is 3. The summed E-state index contributed by atoms with van der Waals surface area (Å²) >= 11 is 0. The molecule has 0 bridgehead atoms. The predicted molar refractivity (Wildman–Crippen MR) is 107 cm³/mol. The lowest BCUT2D eigenvalue weighted by molar-refractivity contribution is -0.144. The van der Waals surface area contributed by atoms with Crippen LogP contribution >= 0.6 is 0 Å². The van der Waals surface area contributed by atoms with Crippen LogP contribution in [0.3, 0.4) is 0 Å². The summed E-state index contributed by atoms with van der Waals surface area (Å²) in [4.78, 5) is 0. The second kappa shape index (κ2) is 9.28. The van der Waals surface area contributed by atoms with Crippen LogP contribution in [0, 0.1) is 0 Å². The molecule has 0 aliphatic heterocycles. The number of hydrogen-bond acceptors (Lipinski definition) is 2. The summed E-state index contributed by atoms with van der Waals surface area (Å²) in [6.45, 7) is 0. The summed E-state index contributed by atoms with van der Waals surface area (Å²) in [6.07, 6.45) is -21.0. The Hall–Kier alpha value is -3.20. The zero-order valence-corrected chi connectivity index (χ0v) is 17.7. The van der Waals surface area contributed by atoms with Gasteiger partial charge >= 0.3 is 31.8 Å². The van der Waals surface area contributed by atoms with Crippen LogP contribution in [-0.2, 0) is 24.7 Å². The molecule has 0 spiro atoms. The molecule has 3 aromatic rings. The van der Waals surface area contributed by atoms with Gasteiger partial charge in [-0.2, -0.15) is 52.7 Å². The molecule has 0 aromatic heterocycles. The highest BCUT2D eigenvalue weighted by Gasteiger charge is 2.38. The molecule has 2 N–H and O–H groups in total. The summed E-state index contributed by atoms with van der Waals surface area (Å²) < 4.78 is 159. The Bertz CT molecular complexity index is 1150. The predicted octanol–water partition coefficient (Wildman–Crippen LogP) is 6.78. The van der Waals surface area contributed by atoms with Gasteiger partial charge in [0.15, 0.2) is 0 Å². The molecular formula is C22H11BF12O2. The third-order valence-electron chi connectivity index (χ3n) is 5.10. The van der Waals surface area contributed by atoms with E-state index >= 15 is 0 Å². The van der Waals surface area contributed by atoms with E-state index in [0.29, 0.717) is 0 Å². The van der Waals surface area contributed by atoms with Gasteiger partial charge in [0.1, 0.15) is 0 Å². The fraction of sp³-hybridized carbons (Fsp3) is 0.182. The van der Waals surface area contributed by atoms with Gasteiger partial charge in [0, 0.05) is 0 Å². The van der Waals surface area contributed by atoms with Gasteiger partial charge in [-0.3, -0.25) is 0 Å². The van der Waals surface area contributed by atoms with E-state index in [-0.39, 0.29) is 36.4 Å². The first-order valence-corrected chi connectivity index (χ1v) is 9.77. The van der Waals surface area contributed by atoms with Crippen molar-refractivity contribution in [3.8, 4) is 22.3 Å². The van der Waals surface area contributed by atoms with Gasteiger partial charge in [0.05, 0.1) is 22.3 Å². The average Bonchev–Trinajstić information content (AvgIpc) is 2.75.